The zero-order valence-electron chi connectivity index (χ0n) is 22.9. The summed E-state index contributed by atoms with van der Waals surface area (Å²) in [5, 5.41) is 23.1. The van der Waals surface area contributed by atoms with Crippen LogP contribution in [0.2, 0.25) is 0 Å². The number of hydrogen-bond acceptors (Lipinski definition) is 6. The fourth-order valence-electron chi connectivity index (χ4n) is 4.93. The number of urea groups is 1. The molecule has 2 aromatic rings. The molecule has 4 rings (SSSR count). The smallest absolute Gasteiger partial charge is 0.321 e. The maximum Gasteiger partial charge on any atom is 0.321 e. The van der Waals surface area contributed by atoms with Crippen molar-refractivity contribution in [3.63, 3.8) is 0 Å². The normalized spacial score (nSPS) is 22.4. The topological polar surface area (TPSA) is 119 Å². The van der Waals surface area contributed by atoms with Gasteiger partial charge in [0.25, 0.3) is 0 Å². The van der Waals surface area contributed by atoms with Crippen molar-refractivity contribution >= 4 is 21.7 Å². The highest BCUT2D eigenvalue weighted by atomic mass is 32.2. The summed E-state index contributed by atoms with van der Waals surface area (Å²) in [7, 11) is -2.47. The monoisotopic (exact) mass is 573 g/mol. The second-order valence-corrected chi connectivity index (χ2v) is 12.6. The Balaban J connectivity index is 1.65. The average Bonchev–Trinajstić information content (AvgIpc) is 3.35. The number of nitrogens with zero attached hydrogens (tertiary/aromatic N) is 2. The first kappa shape index (κ1) is 29.8. The highest BCUT2D eigenvalue weighted by molar-refractivity contribution is 7.89. The van der Waals surface area contributed by atoms with Gasteiger partial charge in [-0.25, -0.2) is 17.6 Å². The van der Waals surface area contributed by atoms with E-state index in [0.29, 0.717) is 24.1 Å². The van der Waals surface area contributed by atoms with E-state index in [4.69, 9.17) is 4.74 Å². The Bertz CT molecular complexity index is 1400. The van der Waals surface area contributed by atoms with Crippen LogP contribution in [-0.4, -0.2) is 78.4 Å². The molecule has 0 radical (unpaired) electrons. The minimum Gasteiger partial charge on any atom is -0.487 e. The van der Waals surface area contributed by atoms with E-state index >= 15 is 0 Å². The molecule has 1 saturated carbocycles. The van der Waals surface area contributed by atoms with E-state index in [-0.39, 0.29) is 36.3 Å². The van der Waals surface area contributed by atoms with Crippen LogP contribution < -0.4 is 10.1 Å². The summed E-state index contributed by atoms with van der Waals surface area (Å²) in [5.74, 6) is 5.12. The number of rotatable bonds is 5. The Morgan fingerprint density at radius 3 is 2.67 bits per heavy atom. The average molecular weight is 574 g/mol. The molecule has 0 aromatic heterocycles. The predicted molar refractivity (Wildman–Crippen MR) is 149 cm³/mol. The summed E-state index contributed by atoms with van der Waals surface area (Å²) in [4.78, 5) is 14.2. The highest BCUT2D eigenvalue weighted by Crippen LogP contribution is 2.34. The van der Waals surface area contributed by atoms with Gasteiger partial charge in [-0.15, -0.1) is 0 Å². The number of aliphatic hydroxyl groups excluding tert-OH is 1. The van der Waals surface area contributed by atoms with Gasteiger partial charge in [0.2, 0.25) is 10.0 Å². The molecule has 11 heteroatoms. The summed E-state index contributed by atoms with van der Waals surface area (Å²) in [6, 6.07) is 8.92. The van der Waals surface area contributed by atoms with Crippen molar-refractivity contribution < 1.29 is 32.6 Å². The van der Waals surface area contributed by atoms with Crippen molar-refractivity contribution in [1.29, 1.82) is 0 Å². The molecule has 2 aliphatic rings. The molecule has 0 spiro atoms. The van der Waals surface area contributed by atoms with Crippen LogP contribution >= 0.6 is 0 Å². The van der Waals surface area contributed by atoms with Crippen LogP contribution in [0.1, 0.15) is 45.1 Å². The molecule has 3 atom stereocenters. The molecule has 2 amide bonds. The number of carbonyl (C=O) groups is 1. The number of fused-ring (bicyclic) bond motifs is 1. The molecule has 3 N–H and O–H groups in total. The molecule has 216 valence electrons. The van der Waals surface area contributed by atoms with Crippen LogP contribution in [-0.2, 0) is 10.0 Å². The molecule has 9 nitrogen and oxygen atoms in total. The Hall–Kier alpha value is -3.17. The van der Waals surface area contributed by atoms with E-state index in [1.165, 1.54) is 39.5 Å². The zero-order valence-corrected chi connectivity index (χ0v) is 23.7. The number of carbonyl (C=O) groups excluding carboxylic acids is 1. The molecular formula is C29H36FN3O6S. The lowest BCUT2D eigenvalue weighted by atomic mass is 10.0. The number of nitrogens with one attached hydrogen (secondary N) is 1. The number of hydrogen-bond donors (Lipinski definition) is 3. The van der Waals surface area contributed by atoms with Crippen molar-refractivity contribution in [3.05, 3.63) is 53.8 Å². The van der Waals surface area contributed by atoms with Crippen LogP contribution in [0.25, 0.3) is 0 Å². The van der Waals surface area contributed by atoms with E-state index in [2.05, 4.69) is 17.2 Å². The summed E-state index contributed by atoms with van der Waals surface area (Å²) < 4.78 is 48.5. The number of benzene rings is 2. The van der Waals surface area contributed by atoms with Crippen molar-refractivity contribution in [3.8, 4) is 17.6 Å². The van der Waals surface area contributed by atoms with Crippen molar-refractivity contribution in [2.75, 3.05) is 32.1 Å². The summed E-state index contributed by atoms with van der Waals surface area (Å²) in [5.41, 5.74) is -0.269. The number of anilines is 1. The fraction of sp³-hybridized carbons (Fsp3) is 0.483. The number of halogens is 1. The lowest BCUT2D eigenvalue weighted by Gasteiger charge is -2.37. The van der Waals surface area contributed by atoms with Crippen LogP contribution in [0.3, 0.4) is 0 Å². The predicted octanol–water partition coefficient (Wildman–Crippen LogP) is 3.41. The molecule has 40 heavy (non-hydrogen) atoms. The van der Waals surface area contributed by atoms with Gasteiger partial charge in [0, 0.05) is 36.8 Å². The first-order valence-corrected chi connectivity index (χ1v) is 14.8. The zero-order chi connectivity index (χ0) is 29.1. The van der Waals surface area contributed by atoms with Gasteiger partial charge >= 0.3 is 6.03 Å². The number of sulfonamides is 1. The molecule has 0 bridgehead atoms. The number of amides is 2. The molecule has 2 aromatic carbocycles. The van der Waals surface area contributed by atoms with E-state index in [9.17, 15) is 27.8 Å². The number of aliphatic hydroxyl groups is 2. The molecule has 0 saturated heterocycles. The van der Waals surface area contributed by atoms with Gasteiger partial charge in [0.15, 0.2) is 0 Å². The van der Waals surface area contributed by atoms with Gasteiger partial charge in [-0.05, 0) is 69.0 Å². The van der Waals surface area contributed by atoms with Crippen molar-refractivity contribution in [2.45, 2.75) is 62.2 Å². The van der Waals surface area contributed by atoms with Gasteiger partial charge in [0.1, 0.15) is 28.2 Å². The van der Waals surface area contributed by atoms with E-state index in [1.54, 1.807) is 26.1 Å². The molecule has 1 aliphatic carbocycles. The number of likely N-dealkylation sites (N-methyl/N-ethyl adjacent to an activating group) is 1. The summed E-state index contributed by atoms with van der Waals surface area (Å²) in [6.07, 6.45) is 2.35. The van der Waals surface area contributed by atoms with E-state index < -0.39 is 39.6 Å². The summed E-state index contributed by atoms with van der Waals surface area (Å²) >= 11 is 0. The molecular weight excluding hydrogens is 537 g/mol. The quantitative estimate of drug-likeness (QED) is 0.472. The van der Waals surface area contributed by atoms with Crippen molar-refractivity contribution in [2.24, 2.45) is 5.92 Å². The van der Waals surface area contributed by atoms with Crippen LogP contribution in [0.15, 0.2) is 47.4 Å². The van der Waals surface area contributed by atoms with Crippen LogP contribution in [0.4, 0.5) is 14.9 Å². The second-order valence-electron chi connectivity index (χ2n) is 10.7. The van der Waals surface area contributed by atoms with Gasteiger partial charge in [-0.2, -0.15) is 4.31 Å². The third-order valence-corrected chi connectivity index (χ3v) is 9.43. The Morgan fingerprint density at radius 1 is 1.27 bits per heavy atom. The summed E-state index contributed by atoms with van der Waals surface area (Å²) in [6.45, 7) is 3.23. The second kappa shape index (κ2) is 12.1. The van der Waals surface area contributed by atoms with Gasteiger partial charge in [-0.1, -0.05) is 24.8 Å². The SMILES string of the molecule is C[C@H]1CN([C@@H](C)CO)S(=O)(=O)c2ccc(C#CC3(O)CCCC3)cc2O[C@@H]1CN(C)C(=O)Nc1cccc(F)c1. The Morgan fingerprint density at radius 2 is 2.00 bits per heavy atom. The first-order chi connectivity index (χ1) is 18.9. The fourth-order valence-corrected chi connectivity index (χ4v) is 6.76. The van der Waals surface area contributed by atoms with Crippen LogP contribution in [0, 0.1) is 23.6 Å². The molecule has 0 unspecified atom stereocenters. The molecule has 1 fully saturated rings. The first-order valence-electron chi connectivity index (χ1n) is 13.4. The molecule has 1 aliphatic heterocycles. The maximum atomic E-state index is 13.7. The third kappa shape index (κ3) is 6.75. The lowest BCUT2D eigenvalue weighted by Crippen LogP contribution is -2.50. The van der Waals surface area contributed by atoms with E-state index in [1.807, 2.05) is 6.92 Å². The minimum atomic E-state index is -4.04. The number of ether oxygens (including phenoxy) is 1. The largest absolute Gasteiger partial charge is 0.487 e. The van der Waals surface area contributed by atoms with Gasteiger partial charge in [0.05, 0.1) is 13.2 Å². The third-order valence-electron chi connectivity index (χ3n) is 7.41. The van der Waals surface area contributed by atoms with E-state index in [0.717, 1.165) is 12.8 Å². The molecule has 1 heterocycles. The van der Waals surface area contributed by atoms with Crippen LogP contribution in [0.5, 0.6) is 5.75 Å². The Kier molecular flexibility index (Phi) is 9.05. The minimum absolute atomic E-state index is 0.0577. The standard InChI is InChI=1S/C29H36FN3O6S/c1-20-17-33(21(2)19-34)40(37,38)27-10-9-22(11-14-29(36)12-4-5-13-29)15-25(27)39-26(20)18-32(3)28(35)31-24-8-6-7-23(30)16-24/h6-10,15-16,20-21,26,34,36H,4-5,12-13,17-19H2,1-3H3,(H,31,35)/t20-,21-,26+/m0/s1. The van der Waals surface area contributed by atoms with Gasteiger partial charge < -0.3 is 25.2 Å². The maximum absolute atomic E-state index is 13.7. The Labute approximate surface area is 235 Å². The van der Waals surface area contributed by atoms with Gasteiger partial charge in [-0.3, -0.25) is 0 Å². The lowest BCUT2D eigenvalue weighted by molar-refractivity contribution is 0.0830. The highest BCUT2D eigenvalue weighted by Gasteiger charge is 2.38. The van der Waals surface area contributed by atoms with Crippen molar-refractivity contribution in [1.82, 2.24) is 9.21 Å².